The second-order valence-electron chi connectivity index (χ2n) is 6.47. The predicted molar refractivity (Wildman–Crippen MR) is 109 cm³/mol. The van der Waals surface area contributed by atoms with Gasteiger partial charge in [0.05, 0.1) is 28.2 Å². The summed E-state index contributed by atoms with van der Waals surface area (Å²) < 4.78 is 46.6. The molecule has 0 saturated heterocycles. The Bertz CT molecular complexity index is 1180. The highest BCUT2D eigenvalue weighted by molar-refractivity contribution is 7.99. The molecule has 0 unspecified atom stereocenters. The summed E-state index contributed by atoms with van der Waals surface area (Å²) in [5.74, 6) is -1.13. The van der Waals surface area contributed by atoms with Crippen LogP contribution in [-0.4, -0.2) is 37.3 Å². The van der Waals surface area contributed by atoms with Crippen LogP contribution in [0.3, 0.4) is 0 Å². The first kappa shape index (κ1) is 23.8. The van der Waals surface area contributed by atoms with Crippen molar-refractivity contribution in [2.45, 2.75) is 24.3 Å². The average Bonchev–Trinajstić information content (AvgIpc) is 3.39. The van der Waals surface area contributed by atoms with Gasteiger partial charge in [-0.1, -0.05) is 11.8 Å². The fourth-order valence-electron chi connectivity index (χ4n) is 2.71. The van der Waals surface area contributed by atoms with Crippen LogP contribution in [0.4, 0.5) is 24.5 Å². The molecule has 2 amide bonds. The van der Waals surface area contributed by atoms with Crippen molar-refractivity contribution < 1.29 is 32.1 Å². The number of anilines is 1. The Kier molecular flexibility index (Phi) is 7.01. The molecule has 1 aromatic carbocycles. The Morgan fingerprint density at radius 2 is 2.03 bits per heavy atom. The number of aromatic nitrogens is 3. The second kappa shape index (κ2) is 9.72. The van der Waals surface area contributed by atoms with E-state index in [0.717, 1.165) is 23.9 Å². The lowest BCUT2D eigenvalue weighted by Gasteiger charge is -2.13. The summed E-state index contributed by atoms with van der Waals surface area (Å²) in [6.07, 6.45) is -3.57. The fraction of sp³-hybridized carbons (Fsp3) is 0.222. The first-order chi connectivity index (χ1) is 15.6. The number of rotatable bonds is 9. The standard InChI is InChI=1S/C18H15F3N6O5S/c19-18(20,21)11-8-10(27(30)31)3-4-12(11)23-15(29)9-33-17-25-24-16(13-2-1-7-32-13)26(17)6-5-14(22)28/h1-4,7-8H,5-6,9H2,(H2,22,28)(H,23,29). The molecule has 15 heteroatoms. The molecular formula is C18H15F3N6O5S. The molecule has 0 aliphatic rings. The third kappa shape index (κ3) is 5.88. The lowest BCUT2D eigenvalue weighted by molar-refractivity contribution is -0.385. The van der Waals surface area contributed by atoms with Gasteiger partial charge in [0.2, 0.25) is 11.8 Å². The number of hydrogen-bond acceptors (Lipinski definition) is 8. The first-order valence-corrected chi connectivity index (χ1v) is 10.1. The molecule has 0 fully saturated rings. The minimum atomic E-state index is -4.92. The zero-order chi connectivity index (χ0) is 24.2. The number of carbonyl (C=O) groups excluding carboxylic acids is 2. The quantitative estimate of drug-likeness (QED) is 0.266. The summed E-state index contributed by atoms with van der Waals surface area (Å²) in [6.45, 7) is 0.0862. The molecular weight excluding hydrogens is 469 g/mol. The van der Waals surface area contributed by atoms with Gasteiger partial charge in [0.15, 0.2) is 16.7 Å². The van der Waals surface area contributed by atoms with Crippen LogP contribution in [0, 0.1) is 10.1 Å². The summed E-state index contributed by atoms with van der Waals surface area (Å²) >= 11 is 0.860. The van der Waals surface area contributed by atoms with Crippen LogP contribution in [0.1, 0.15) is 12.0 Å². The molecule has 3 N–H and O–H groups in total. The zero-order valence-electron chi connectivity index (χ0n) is 16.5. The fourth-order valence-corrected chi connectivity index (χ4v) is 3.48. The molecule has 0 saturated carbocycles. The molecule has 0 aliphatic heterocycles. The molecule has 0 atom stereocenters. The van der Waals surface area contributed by atoms with E-state index < -0.39 is 39.9 Å². The number of alkyl halides is 3. The maximum atomic E-state index is 13.3. The van der Waals surface area contributed by atoms with Gasteiger partial charge in [-0.2, -0.15) is 13.2 Å². The number of nitro groups is 1. The van der Waals surface area contributed by atoms with Crippen molar-refractivity contribution in [1.82, 2.24) is 14.8 Å². The monoisotopic (exact) mass is 484 g/mol. The molecule has 2 aromatic heterocycles. The molecule has 11 nitrogen and oxygen atoms in total. The average molecular weight is 484 g/mol. The number of hydrogen-bond donors (Lipinski definition) is 2. The number of benzene rings is 1. The summed E-state index contributed by atoms with van der Waals surface area (Å²) in [6, 6.07) is 5.24. The summed E-state index contributed by atoms with van der Waals surface area (Å²) in [4.78, 5) is 33.3. The van der Waals surface area contributed by atoms with Gasteiger partial charge in [0.25, 0.3) is 5.69 Å². The Hall–Kier alpha value is -3.88. The smallest absolute Gasteiger partial charge is 0.418 e. The SMILES string of the molecule is NC(=O)CCn1c(SCC(=O)Nc2ccc([N+](=O)[O-])cc2C(F)(F)F)nnc1-c1ccco1. The maximum Gasteiger partial charge on any atom is 0.418 e. The van der Waals surface area contributed by atoms with E-state index in [1.54, 1.807) is 12.1 Å². The number of thioether (sulfide) groups is 1. The number of nitrogens with two attached hydrogens (primary N) is 1. The topological polar surface area (TPSA) is 159 Å². The van der Waals surface area contributed by atoms with E-state index in [-0.39, 0.29) is 29.7 Å². The summed E-state index contributed by atoms with van der Waals surface area (Å²) in [7, 11) is 0. The number of nitrogens with one attached hydrogen (secondary N) is 1. The zero-order valence-corrected chi connectivity index (χ0v) is 17.4. The van der Waals surface area contributed by atoms with Gasteiger partial charge in [-0.05, 0) is 18.2 Å². The number of halogens is 3. The van der Waals surface area contributed by atoms with Crippen molar-refractivity contribution in [3.05, 3.63) is 52.3 Å². The number of carbonyl (C=O) groups is 2. The van der Waals surface area contributed by atoms with Crippen LogP contribution in [-0.2, 0) is 22.3 Å². The van der Waals surface area contributed by atoms with Crippen LogP contribution < -0.4 is 11.1 Å². The van der Waals surface area contributed by atoms with Crippen molar-refractivity contribution in [2.75, 3.05) is 11.1 Å². The first-order valence-electron chi connectivity index (χ1n) is 9.10. The van der Waals surface area contributed by atoms with E-state index in [1.165, 1.54) is 10.8 Å². The van der Waals surface area contributed by atoms with Gasteiger partial charge in [-0.15, -0.1) is 10.2 Å². The molecule has 2 heterocycles. The van der Waals surface area contributed by atoms with Gasteiger partial charge in [-0.25, -0.2) is 0 Å². The molecule has 3 aromatic rings. The lowest BCUT2D eigenvalue weighted by atomic mass is 10.1. The maximum absolute atomic E-state index is 13.3. The van der Waals surface area contributed by atoms with E-state index in [9.17, 15) is 32.9 Å². The molecule has 174 valence electrons. The number of non-ortho nitro benzene ring substituents is 1. The van der Waals surface area contributed by atoms with Gasteiger partial charge < -0.3 is 15.5 Å². The van der Waals surface area contributed by atoms with Gasteiger partial charge >= 0.3 is 6.18 Å². The van der Waals surface area contributed by atoms with Crippen molar-refractivity contribution in [3.63, 3.8) is 0 Å². The van der Waals surface area contributed by atoms with E-state index >= 15 is 0 Å². The van der Waals surface area contributed by atoms with Crippen LogP contribution in [0.5, 0.6) is 0 Å². The Balaban J connectivity index is 1.76. The molecule has 33 heavy (non-hydrogen) atoms. The van der Waals surface area contributed by atoms with E-state index in [1.807, 2.05) is 0 Å². The van der Waals surface area contributed by atoms with Crippen molar-refractivity contribution in [3.8, 4) is 11.6 Å². The molecule has 0 aliphatic carbocycles. The van der Waals surface area contributed by atoms with Gasteiger partial charge in [0, 0.05) is 25.1 Å². The number of nitrogens with zero attached hydrogens (tertiary/aromatic N) is 4. The van der Waals surface area contributed by atoms with Crippen molar-refractivity contribution in [2.24, 2.45) is 5.73 Å². The van der Waals surface area contributed by atoms with E-state index in [4.69, 9.17) is 10.2 Å². The minimum absolute atomic E-state index is 0.0523. The molecule has 0 spiro atoms. The van der Waals surface area contributed by atoms with Gasteiger partial charge in [0.1, 0.15) is 0 Å². The third-order valence-corrected chi connectivity index (χ3v) is 5.13. The molecule has 0 radical (unpaired) electrons. The molecule has 0 bridgehead atoms. The van der Waals surface area contributed by atoms with Gasteiger partial charge in [-0.3, -0.25) is 24.3 Å². The van der Waals surface area contributed by atoms with Crippen LogP contribution >= 0.6 is 11.8 Å². The lowest BCUT2D eigenvalue weighted by Crippen LogP contribution is -2.19. The molecule has 3 rings (SSSR count). The van der Waals surface area contributed by atoms with Crippen molar-refractivity contribution >= 4 is 35.0 Å². The number of nitro benzene ring substituents is 1. The third-order valence-electron chi connectivity index (χ3n) is 4.17. The number of furan rings is 1. The number of primary amides is 1. The second-order valence-corrected chi connectivity index (χ2v) is 7.42. The normalized spacial score (nSPS) is 11.4. The Morgan fingerprint density at radius 3 is 2.64 bits per heavy atom. The van der Waals surface area contributed by atoms with E-state index in [2.05, 4.69) is 15.5 Å². The van der Waals surface area contributed by atoms with Crippen LogP contribution in [0.2, 0.25) is 0 Å². The van der Waals surface area contributed by atoms with Crippen LogP contribution in [0.15, 0.2) is 46.2 Å². The Labute approximate surface area is 187 Å². The number of amides is 2. The minimum Gasteiger partial charge on any atom is -0.461 e. The predicted octanol–water partition coefficient (Wildman–Crippen LogP) is 3.07. The Morgan fingerprint density at radius 1 is 1.27 bits per heavy atom. The highest BCUT2D eigenvalue weighted by Crippen LogP contribution is 2.37. The van der Waals surface area contributed by atoms with Crippen molar-refractivity contribution in [1.29, 1.82) is 0 Å². The summed E-state index contributed by atoms with van der Waals surface area (Å²) in [5.41, 5.74) is 2.46. The largest absolute Gasteiger partial charge is 0.461 e. The highest BCUT2D eigenvalue weighted by Gasteiger charge is 2.35. The van der Waals surface area contributed by atoms with E-state index in [0.29, 0.717) is 11.8 Å². The summed E-state index contributed by atoms with van der Waals surface area (Å²) in [5, 5.41) is 21.0. The highest BCUT2D eigenvalue weighted by atomic mass is 32.2. The van der Waals surface area contributed by atoms with Crippen LogP contribution in [0.25, 0.3) is 11.6 Å².